The van der Waals surface area contributed by atoms with Crippen molar-refractivity contribution in [2.45, 2.75) is 38.6 Å². The molecule has 6 heteroatoms. The normalized spacial score (nSPS) is 20.7. The third kappa shape index (κ3) is 4.86. The van der Waals surface area contributed by atoms with Gasteiger partial charge in [0.2, 0.25) is 5.91 Å². The smallest absolute Gasteiger partial charge is 0.252 e. The van der Waals surface area contributed by atoms with Crippen LogP contribution in [0.5, 0.6) is 0 Å². The van der Waals surface area contributed by atoms with Crippen molar-refractivity contribution in [3.8, 4) is 0 Å². The Morgan fingerprint density at radius 2 is 2.00 bits per heavy atom. The largest absolute Gasteiger partial charge is 0.376 e. The molecule has 2 unspecified atom stereocenters. The summed E-state index contributed by atoms with van der Waals surface area (Å²) in [5, 5.41) is 9.03. The SMILES string of the molecule is CNC(=O)c1ccc(NCC(=O)NC2CCCCC2C)cc1Cl. The van der Waals surface area contributed by atoms with Gasteiger partial charge in [0.15, 0.2) is 0 Å². The van der Waals surface area contributed by atoms with E-state index in [0.29, 0.717) is 16.5 Å². The Kier molecular flexibility index (Phi) is 6.28. The molecule has 2 amide bonds. The summed E-state index contributed by atoms with van der Waals surface area (Å²) >= 11 is 6.09. The highest BCUT2D eigenvalue weighted by atomic mass is 35.5. The first-order valence-corrected chi connectivity index (χ1v) is 8.44. The van der Waals surface area contributed by atoms with Crippen molar-refractivity contribution in [3.63, 3.8) is 0 Å². The maximum absolute atomic E-state index is 12.1. The second-order valence-electron chi connectivity index (χ2n) is 6.06. The maximum Gasteiger partial charge on any atom is 0.252 e. The minimum Gasteiger partial charge on any atom is -0.376 e. The number of nitrogens with one attached hydrogen (secondary N) is 3. The molecule has 126 valence electrons. The Balaban J connectivity index is 1.86. The second-order valence-corrected chi connectivity index (χ2v) is 6.47. The van der Waals surface area contributed by atoms with Crippen LogP contribution in [0.4, 0.5) is 5.69 Å². The van der Waals surface area contributed by atoms with E-state index in [9.17, 15) is 9.59 Å². The van der Waals surface area contributed by atoms with Gasteiger partial charge < -0.3 is 16.0 Å². The van der Waals surface area contributed by atoms with Crippen LogP contribution in [0.25, 0.3) is 0 Å². The molecule has 1 aromatic rings. The van der Waals surface area contributed by atoms with E-state index in [2.05, 4.69) is 22.9 Å². The number of hydrogen-bond donors (Lipinski definition) is 3. The lowest BCUT2D eigenvalue weighted by Gasteiger charge is -2.29. The maximum atomic E-state index is 12.1. The zero-order valence-corrected chi connectivity index (χ0v) is 14.4. The van der Waals surface area contributed by atoms with Crippen molar-refractivity contribution in [2.24, 2.45) is 5.92 Å². The summed E-state index contributed by atoms with van der Waals surface area (Å²) in [5.74, 6) is 0.287. The molecule has 1 saturated carbocycles. The standard InChI is InChI=1S/C17H24ClN3O2/c1-11-5-3-4-6-15(11)21-16(22)10-20-12-7-8-13(14(18)9-12)17(23)19-2/h7-9,11,15,20H,3-6,10H2,1-2H3,(H,19,23)(H,21,22). The summed E-state index contributed by atoms with van der Waals surface area (Å²) in [6.07, 6.45) is 4.66. The van der Waals surface area contributed by atoms with Gasteiger partial charge in [0.05, 0.1) is 17.1 Å². The fraction of sp³-hybridized carbons (Fsp3) is 0.529. The molecule has 0 bridgehead atoms. The molecule has 0 spiro atoms. The molecule has 0 radical (unpaired) electrons. The van der Waals surface area contributed by atoms with Crippen molar-refractivity contribution in [2.75, 3.05) is 18.9 Å². The van der Waals surface area contributed by atoms with Crippen molar-refractivity contribution in [1.29, 1.82) is 0 Å². The first-order valence-electron chi connectivity index (χ1n) is 8.06. The molecule has 1 aliphatic carbocycles. The third-order valence-electron chi connectivity index (χ3n) is 4.35. The zero-order valence-electron chi connectivity index (χ0n) is 13.6. The number of carbonyl (C=O) groups is 2. The number of hydrogen-bond acceptors (Lipinski definition) is 3. The highest BCUT2D eigenvalue weighted by molar-refractivity contribution is 6.34. The summed E-state index contributed by atoms with van der Waals surface area (Å²) in [6.45, 7) is 2.38. The second kappa shape index (κ2) is 8.20. The first-order chi connectivity index (χ1) is 11.0. The van der Waals surface area contributed by atoms with Gasteiger partial charge in [0, 0.05) is 18.8 Å². The molecule has 2 atom stereocenters. The molecule has 23 heavy (non-hydrogen) atoms. The van der Waals surface area contributed by atoms with Crippen LogP contribution in [0.3, 0.4) is 0 Å². The molecule has 0 aliphatic heterocycles. The van der Waals surface area contributed by atoms with Gasteiger partial charge in [0.1, 0.15) is 0 Å². The van der Waals surface area contributed by atoms with E-state index in [1.165, 1.54) is 19.3 Å². The van der Waals surface area contributed by atoms with Crippen LogP contribution in [0.2, 0.25) is 5.02 Å². The molecular formula is C17H24ClN3O2. The number of carbonyl (C=O) groups excluding carboxylic acids is 2. The fourth-order valence-corrected chi connectivity index (χ4v) is 3.18. The molecule has 1 aliphatic rings. The molecule has 5 nitrogen and oxygen atoms in total. The molecule has 1 fully saturated rings. The van der Waals surface area contributed by atoms with Crippen molar-refractivity contribution >= 4 is 29.1 Å². The van der Waals surface area contributed by atoms with Gasteiger partial charge in [-0.3, -0.25) is 9.59 Å². The van der Waals surface area contributed by atoms with Crippen LogP contribution in [-0.2, 0) is 4.79 Å². The van der Waals surface area contributed by atoms with Crippen molar-refractivity contribution < 1.29 is 9.59 Å². The average molecular weight is 338 g/mol. The Bertz CT molecular complexity index is 577. The number of anilines is 1. The first kappa shape index (κ1) is 17.6. The number of amides is 2. The van der Waals surface area contributed by atoms with E-state index < -0.39 is 0 Å². The Hall–Kier alpha value is -1.75. The molecule has 2 rings (SSSR count). The van der Waals surface area contributed by atoms with Gasteiger partial charge in [-0.05, 0) is 37.0 Å². The summed E-state index contributed by atoms with van der Waals surface area (Å²) in [6, 6.07) is 5.32. The zero-order chi connectivity index (χ0) is 16.8. The third-order valence-corrected chi connectivity index (χ3v) is 4.66. The summed E-state index contributed by atoms with van der Waals surface area (Å²) < 4.78 is 0. The molecule has 1 aromatic carbocycles. The molecule has 0 heterocycles. The lowest BCUT2D eigenvalue weighted by Crippen LogP contribution is -2.43. The minimum absolute atomic E-state index is 0.0183. The van der Waals surface area contributed by atoms with E-state index in [1.807, 2.05) is 0 Å². The minimum atomic E-state index is -0.231. The number of rotatable bonds is 5. The molecule has 3 N–H and O–H groups in total. The molecule has 0 saturated heterocycles. The predicted octanol–water partition coefficient (Wildman–Crippen LogP) is 2.81. The quantitative estimate of drug-likeness (QED) is 0.773. The monoisotopic (exact) mass is 337 g/mol. The van der Waals surface area contributed by atoms with Crippen LogP contribution in [0.15, 0.2) is 18.2 Å². The van der Waals surface area contributed by atoms with Crippen LogP contribution >= 0.6 is 11.6 Å². The summed E-state index contributed by atoms with van der Waals surface area (Å²) in [4.78, 5) is 23.6. The van der Waals surface area contributed by atoms with E-state index in [-0.39, 0.29) is 24.4 Å². The summed E-state index contributed by atoms with van der Waals surface area (Å²) in [5.41, 5.74) is 1.13. The van der Waals surface area contributed by atoms with E-state index in [0.717, 1.165) is 12.1 Å². The topological polar surface area (TPSA) is 70.2 Å². The lowest BCUT2D eigenvalue weighted by molar-refractivity contribution is -0.120. The highest BCUT2D eigenvalue weighted by Gasteiger charge is 2.22. The van der Waals surface area contributed by atoms with E-state index in [1.54, 1.807) is 25.2 Å². The Morgan fingerprint density at radius 1 is 1.26 bits per heavy atom. The van der Waals surface area contributed by atoms with E-state index in [4.69, 9.17) is 11.6 Å². The van der Waals surface area contributed by atoms with Gasteiger partial charge in [0.25, 0.3) is 5.91 Å². The van der Waals surface area contributed by atoms with E-state index >= 15 is 0 Å². The Morgan fingerprint density at radius 3 is 2.65 bits per heavy atom. The van der Waals surface area contributed by atoms with Crippen molar-refractivity contribution in [1.82, 2.24) is 10.6 Å². The fourth-order valence-electron chi connectivity index (χ4n) is 2.91. The van der Waals surface area contributed by atoms with Crippen LogP contribution < -0.4 is 16.0 Å². The number of halogens is 1. The number of benzene rings is 1. The molecule has 0 aromatic heterocycles. The van der Waals surface area contributed by atoms with Crippen molar-refractivity contribution in [3.05, 3.63) is 28.8 Å². The van der Waals surface area contributed by atoms with Gasteiger partial charge >= 0.3 is 0 Å². The highest BCUT2D eigenvalue weighted by Crippen LogP contribution is 2.24. The van der Waals surface area contributed by atoms with Gasteiger partial charge in [-0.1, -0.05) is 31.4 Å². The van der Waals surface area contributed by atoms with Crippen LogP contribution in [0, 0.1) is 5.92 Å². The lowest BCUT2D eigenvalue weighted by atomic mass is 9.86. The predicted molar refractivity (Wildman–Crippen MR) is 92.9 cm³/mol. The van der Waals surface area contributed by atoms with Gasteiger partial charge in [-0.15, -0.1) is 0 Å². The van der Waals surface area contributed by atoms with Crippen LogP contribution in [-0.4, -0.2) is 31.4 Å². The van der Waals surface area contributed by atoms with Gasteiger partial charge in [-0.2, -0.15) is 0 Å². The molecular weight excluding hydrogens is 314 g/mol. The Labute approximate surface area is 142 Å². The van der Waals surface area contributed by atoms with Gasteiger partial charge in [-0.25, -0.2) is 0 Å². The average Bonchev–Trinajstić information content (AvgIpc) is 2.54. The van der Waals surface area contributed by atoms with Crippen LogP contribution in [0.1, 0.15) is 43.0 Å². The summed E-state index contributed by atoms with van der Waals surface area (Å²) in [7, 11) is 1.56.